The van der Waals surface area contributed by atoms with Crippen molar-refractivity contribution in [2.45, 2.75) is 104 Å². The van der Waals surface area contributed by atoms with Crippen LogP contribution in [0.2, 0.25) is 0 Å². The molecule has 200 valence electrons. The van der Waals surface area contributed by atoms with E-state index in [9.17, 15) is 9.90 Å². The Hall–Kier alpha value is -0.650. The van der Waals surface area contributed by atoms with E-state index in [0.717, 1.165) is 50.7 Å². The molecule has 5 rings (SSSR count). The highest BCUT2D eigenvalue weighted by atomic mass is 79.9. The summed E-state index contributed by atoms with van der Waals surface area (Å²) >= 11 is 5.22. The van der Waals surface area contributed by atoms with Crippen LogP contribution in [0.5, 0.6) is 0 Å². The fourth-order valence-electron chi connectivity index (χ4n) is 9.79. The van der Waals surface area contributed by atoms with Gasteiger partial charge in [0.1, 0.15) is 0 Å². The molecule has 2 N–H and O–H groups in total. The molecule has 36 heavy (non-hydrogen) atoms. The van der Waals surface area contributed by atoms with E-state index in [4.69, 9.17) is 0 Å². The molecule has 1 amide bonds. The van der Waals surface area contributed by atoms with Crippen molar-refractivity contribution in [1.82, 2.24) is 5.32 Å². The van der Waals surface area contributed by atoms with Crippen LogP contribution in [0, 0.1) is 46.3 Å². The molecule has 0 bridgehead atoms. The molecule has 10 atom stereocenters. The number of rotatable bonds is 6. The molecule has 0 aliphatic heterocycles. The van der Waals surface area contributed by atoms with Crippen molar-refractivity contribution in [3.63, 3.8) is 0 Å². The van der Waals surface area contributed by atoms with Crippen LogP contribution in [0.25, 0.3) is 0 Å². The predicted molar refractivity (Wildman–Crippen MR) is 153 cm³/mol. The van der Waals surface area contributed by atoms with Gasteiger partial charge in [-0.15, -0.1) is 11.3 Å². The van der Waals surface area contributed by atoms with Crippen molar-refractivity contribution in [2.75, 3.05) is 0 Å². The van der Waals surface area contributed by atoms with Gasteiger partial charge in [0, 0.05) is 11.3 Å². The number of fused-ring (bicyclic) bond motifs is 5. The molecule has 4 fully saturated rings. The highest BCUT2D eigenvalue weighted by Crippen LogP contribution is 2.68. The van der Waals surface area contributed by atoms with Gasteiger partial charge in [-0.05, 0) is 139 Å². The SMILES string of the molecule is C=C(C)[C@@H](NC(=O)C[C@@H](C)[C@H]1CC[C@H]2[C@@H]3CC[C@@H]4C[C@H](O)CC[C@]4(C)[C@H]3CC[C@]12C)c1ccc(Br)s1. The number of amides is 1. The number of nitrogens with one attached hydrogen (secondary N) is 1. The third-order valence-corrected chi connectivity index (χ3v) is 13.3. The summed E-state index contributed by atoms with van der Waals surface area (Å²) < 4.78 is 1.08. The molecule has 1 aromatic rings. The van der Waals surface area contributed by atoms with E-state index in [1.807, 2.05) is 13.0 Å². The maximum Gasteiger partial charge on any atom is 0.221 e. The number of carbonyl (C=O) groups is 1. The molecule has 5 heteroatoms. The highest BCUT2D eigenvalue weighted by Gasteiger charge is 2.60. The van der Waals surface area contributed by atoms with E-state index in [2.05, 4.69) is 54.7 Å². The third kappa shape index (κ3) is 4.68. The lowest BCUT2D eigenvalue weighted by Crippen LogP contribution is -2.54. The molecule has 3 nitrogen and oxygen atoms in total. The fraction of sp³-hybridized carbons (Fsp3) is 0.774. The maximum atomic E-state index is 13.2. The molecule has 0 saturated heterocycles. The lowest BCUT2D eigenvalue weighted by Gasteiger charge is -2.61. The van der Waals surface area contributed by atoms with Crippen molar-refractivity contribution in [3.05, 3.63) is 32.9 Å². The number of thiophene rings is 1. The zero-order chi connectivity index (χ0) is 25.8. The summed E-state index contributed by atoms with van der Waals surface area (Å²) in [6.07, 6.45) is 11.7. The van der Waals surface area contributed by atoms with Gasteiger partial charge in [-0.2, -0.15) is 0 Å². The standard InChI is InChI=1S/C31H46BrNO2S/c1-18(2)29(26-10-11-27(32)36-26)33-28(35)16-19(3)23-8-9-24-22-7-6-20-17-21(34)12-14-30(20,4)25(22)13-15-31(23,24)5/h10-11,19-25,29,34H,1,6-9,12-17H2,2-5H3,(H,33,35)/t19-,20-,21-,22+,23-,24+,25+,29-,30+,31-/m1/s1. The summed E-state index contributed by atoms with van der Waals surface area (Å²) in [6, 6.07) is 4.03. The van der Waals surface area contributed by atoms with Crippen molar-refractivity contribution in [2.24, 2.45) is 46.3 Å². The van der Waals surface area contributed by atoms with Gasteiger partial charge in [-0.3, -0.25) is 4.79 Å². The minimum Gasteiger partial charge on any atom is -0.393 e. The van der Waals surface area contributed by atoms with Crippen LogP contribution in [0.3, 0.4) is 0 Å². The van der Waals surface area contributed by atoms with Crippen LogP contribution in [0.1, 0.15) is 103 Å². The average Bonchev–Trinajstić information content (AvgIpc) is 3.40. The summed E-state index contributed by atoms with van der Waals surface area (Å²) in [6.45, 7) is 13.7. The van der Waals surface area contributed by atoms with Crippen molar-refractivity contribution >= 4 is 33.2 Å². The summed E-state index contributed by atoms with van der Waals surface area (Å²) in [7, 11) is 0. The Morgan fingerprint density at radius 1 is 1.14 bits per heavy atom. The molecule has 0 radical (unpaired) electrons. The number of aliphatic hydroxyl groups excluding tert-OH is 1. The minimum atomic E-state index is -0.103. The molecule has 0 spiro atoms. The number of aliphatic hydroxyl groups is 1. The second-order valence-electron chi connectivity index (χ2n) is 13.5. The first-order valence-electron chi connectivity index (χ1n) is 14.4. The Labute approximate surface area is 231 Å². The maximum absolute atomic E-state index is 13.2. The second kappa shape index (κ2) is 10.2. The number of carbonyl (C=O) groups excluding carboxylic acids is 1. The fourth-order valence-corrected chi connectivity index (χ4v) is 11.4. The normalized spacial score (nSPS) is 41.5. The predicted octanol–water partition coefficient (Wildman–Crippen LogP) is 8.29. The first-order valence-corrected chi connectivity index (χ1v) is 16.0. The van der Waals surface area contributed by atoms with E-state index in [-0.39, 0.29) is 18.1 Å². The van der Waals surface area contributed by atoms with Crippen LogP contribution in [-0.2, 0) is 4.79 Å². The van der Waals surface area contributed by atoms with Crippen LogP contribution in [-0.4, -0.2) is 17.1 Å². The van der Waals surface area contributed by atoms with Crippen LogP contribution < -0.4 is 5.32 Å². The number of hydrogen-bond acceptors (Lipinski definition) is 3. The van der Waals surface area contributed by atoms with Gasteiger partial charge in [0.2, 0.25) is 5.91 Å². The van der Waals surface area contributed by atoms with E-state index in [1.54, 1.807) is 11.3 Å². The summed E-state index contributed by atoms with van der Waals surface area (Å²) in [5.41, 5.74) is 1.78. The number of hydrogen-bond donors (Lipinski definition) is 2. The van der Waals surface area contributed by atoms with E-state index < -0.39 is 0 Å². The van der Waals surface area contributed by atoms with Gasteiger partial charge in [-0.25, -0.2) is 0 Å². The molecule has 1 heterocycles. The third-order valence-electron chi connectivity index (χ3n) is 11.6. The molecule has 1 aromatic heterocycles. The molecule has 4 aliphatic rings. The summed E-state index contributed by atoms with van der Waals surface area (Å²) in [5.74, 6) is 4.40. The van der Waals surface area contributed by atoms with Crippen molar-refractivity contribution in [3.8, 4) is 0 Å². The Bertz CT molecular complexity index is 991. The van der Waals surface area contributed by atoms with Gasteiger partial charge in [0.15, 0.2) is 0 Å². The first-order chi connectivity index (χ1) is 17.0. The Morgan fingerprint density at radius 3 is 2.56 bits per heavy atom. The van der Waals surface area contributed by atoms with Crippen LogP contribution >= 0.6 is 27.3 Å². The number of halogens is 1. The lowest BCUT2D eigenvalue weighted by atomic mass is 9.44. The van der Waals surface area contributed by atoms with Crippen molar-refractivity contribution in [1.29, 1.82) is 0 Å². The van der Waals surface area contributed by atoms with E-state index >= 15 is 0 Å². The van der Waals surface area contributed by atoms with Gasteiger partial charge >= 0.3 is 0 Å². The van der Waals surface area contributed by atoms with E-state index in [1.165, 1.54) is 44.9 Å². The lowest BCUT2D eigenvalue weighted by molar-refractivity contribution is -0.131. The quantitative estimate of drug-likeness (QED) is 0.335. The van der Waals surface area contributed by atoms with Gasteiger partial charge < -0.3 is 10.4 Å². The molecule has 0 aromatic carbocycles. The largest absolute Gasteiger partial charge is 0.393 e. The Morgan fingerprint density at radius 2 is 1.86 bits per heavy atom. The van der Waals surface area contributed by atoms with Gasteiger partial charge in [0.05, 0.1) is 15.9 Å². The molecular weight excluding hydrogens is 530 g/mol. The van der Waals surface area contributed by atoms with Crippen LogP contribution in [0.4, 0.5) is 0 Å². The van der Waals surface area contributed by atoms with E-state index in [0.29, 0.717) is 29.1 Å². The van der Waals surface area contributed by atoms with Crippen LogP contribution in [0.15, 0.2) is 28.1 Å². The summed E-state index contributed by atoms with van der Waals surface area (Å²) in [5, 5.41) is 13.6. The zero-order valence-corrected chi connectivity index (χ0v) is 25.1. The van der Waals surface area contributed by atoms with Crippen molar-refractivity contribution < 1.29 is 9.90 Å². The van der Waals surface area contributed by atoms with Gasteiger partial charge in [0.25, 0.3) is 0 Å². The smallest absolute Gasteiger partial charge is 0.221 e. The highest BCUT2D eigenvalue weighted by molar-refractivity contribution is 9.11. The molecule has 0 unspecified atom stereocenters. The monoisotopic (exact) mass is 575 g/mol. The van der Waals surface area contributed by atoms with Gasteiger partial charge in [-0.1, -0.05) is 32.9 Å². The zero-order valence-electron chi connectivity index (χ0n) is 22.7. The topological polar surface area (TPSA) is 49.3 Å². The molecule has 4 aliphatic carbocycles. The molecule has 4 saturated carbocycles. The second-order valence-corrected chi connectivity index (χ2v) is 16.0. The summed E-state index contributed by atoms with van der Waals surface area (Å²) in [4.78, 5) is 14.4. The Balaban J connectivity index is 1.25. The molecular formula is C31H46BrNO2S. The Kier molecular flexibility index (Phi) is 7.60. The average molecular weight is 577 g/mol. The minimum absolute atomic E-state index is 0.0675. The first kappa shape index (κ1) is 26.9.